The molecule has 0 aromatic rings. The van der Waals surface area contributed by atoms with E-state index >= 15 is 0 Å². The summed E-state index contributed by atoms with van der Waals surface area (Å²) in [5.41, 5.74) is -0.566. The van der Waals surface area contributed by atoms with Crippen LogP contribution in [-0.4, -0.2) is 17.9 Å². The van der Waals surface area contributed by atoms with E-state index in [9.17, 15) is 4.79 Å². The first-order chi connectivity index (χ1) is 4.54. The van der Waals surface area contributed by atoms with Gasteiger partial charge in [-0.3, -0.25) is 4.79 Å². The van der Waals surface area contributed by atoms with Gasteiger partial charge in [0.1, 0.15) is 0 Å². The Hall–Kier alpha value is -0.810. The number of carbonyl (C=O) groups excluding carboxylic acids is 1. The summed E-state index contributed by atoms with van der Waals surface area (Å²) in [5.74, 6) is 1.89. The molecule has 0 heterocycles. The predicted octanol–water partition coefficient (Wildman–Crippen LogP) is 0.577. The van der Waals surface area contributed by atoms with Crippen LogP contribution in [0, 0.1) is 12.3 Å². The maximum atomic E-state index is 10.9. The van der Waals surface area contributed by atoms with Gasteiger partial charge in [0, 0.05) is 0 Å². The minimum atomic E-state index is -0.566. The molecule has 0 aliphatic carbocycles. The molecule has 56 valence electrons. The molecule has 2 nitrogen and oxygen atoms in total. The predicted molar refractivity (Wildman–Crippen MR) is 41.6 cm³/mol. The van der Waals surface area contributed by atoms with Crippen molar-refractivity contribution in [2.75, 3.05) is 6.54 Å². The lowest BCUT2D eigenvalue weighted by molar-refractivity contribution is -0.118. The van der Waals surface area contributed by atoms with E-state index in [0.717, 1.165) is 6.54 Å². The third-order valence-corrected chi connectivity index (χ3v) is 1.32. The van der Waals surface area contributed by atoms with Crippen molar-refractivity contribution in [3.05, 3.63) is 0 Å². The standard InChI is InChI=1S/C8H13NO/c1-5-7(10)8(3,4)9-6-2/h1,9H,6H2,2-4H3. The Balaban J connectivity index is 4.13. The van der Waals surface area contributed by atoms with Crippen LogP contribution in [-0.2, 0) is 4.79 Å². The molecule has 0 saturated heterocycles. The zero-order chi connectivity index (χ0) is 8.20. The van der Waals surface area contributed by atoms with E-state index in [2.05, 4.69) is 11.2 Å². The molecule has 0 atom stereocenters. The lowest BCUT2D eigenvalue weighted by Gasteiger charge is -2.20. The van der Waals surface area contributed by atoms with E-state index in [-0.39, 0.29) is 5.78 Å². The lowest BCUT2D eigenvalue weighted by Crippen LogP contribution is -2.45. The third kappa shape index (κ3) is 2.20. The van der Waals surface area contributed by atoms with E-state index in [1.807, 2.05) is 6.92 Å². The van der Waals surface area contributed by atoms with Crippen molar-refractivity contribution >= 4 is 5.78 Å². The molecule has 0 aliphatic rings. The highest BCUT2D eigenvalue weighted by molar-refractivity contribution is 6.01. The van der Waals surface area contributed by atoms with Crippen LogP contribution in [0.15, 0.2) is 0 Å². The van der Waals surface area contributed by atoms with Gasteiger partial charge in [-0.15, -0.1) is 6.42 Å². The van der Waals surface area contributed by atoms with Gasteiger partial charge in [0.05, 0.1) is 5.54 Å². The molecule has 0 bridgehead atoms. The molecule has 0 unspecified atom stereocenters. The number of nitrogens with one attached hydrogen (secondary N) is 1. The topological polar surface area (TPSA) is 29.1 Å². The first-order valence-electron chi connectivity index (χ1n) is 3.30. The van der Waals surface area contributed by atoms with Gasteiger partial charge >= 0.3 is 0 Å². The normalized spacial score (nSPS) is 10.6. The second-order valence-electron chi connectivity index (χ2n) is 2.63. The smallest absolute Gasteiger partial charge is 0.224 e. The first kappa shape index (κ1) is 9.19. The molecule has 0 saturated carbocycles. The number of rotatable bonds is 3. The van der Waals surface area contributed by atoms with E-state index < -0.39 is 5.54 Å². The fourth-order valence-electron chi connectivity index (χ4n) is 0.703. The molecule has 10 heavy (non-hydrogen) atoms. The van der Waals surface area contributed by atoms with Gasteiger partial charge in [-0.25, -0.2) is 0 Å². The summed E-state index contributed by atoms with van der Waals surface area (Å²) in [6, 6.07) is 0. The second-order valence-corrected chi connectivity index (χ2v) is 2.63. The Kier molecular flexibility index (Phi) is 3.11. The first-order valence-corrected chi connectivity index (χ1v) is 3.30. The van der Waals surface area contributed by atoms with Crippen LogP contribution in [0.3, 0.4) is 0 Å². The number of carbonyl (C=O) groups is 1. The lowest BCUT2D eigenvalue weighted by atomic mass is 10.00. The molecule has 0 rings (SSSR count). The second kappa shape index (κ2) is 3.38. The highest BCUT2D eigenvalue weighted by Gasteiger charge is 2.23. The largest absolute Gasteiger partial charge is 0.305 e. The Labute approximate surface area is 62.0 Å². The fourth-order valence-corrected chi connectivity index (χ4v) is 0.703. The summed E-state index contributed by atoms with van der Waals surface area (Å²) in [4.78, 5) is 10.9. The Bertz CT molecular complexity index is 165. The molecule has 0 aromatic carbocycles. The van der Waals surface area contributed by atoms with Crippen molar-refractivity contribution in [3.63, 3.8) is 0 Å². The minimum absolute atomic E-state index is 0.200. The van der Waals surface area contributed by atoms with Gasteiger partial charge in [-0.1, -0.05) is 6.92 Å². The van der Waals surface area contributed by atoms with Crippen LogP contribution >= 0.6 is 0 Å². The quantitative estimate of drug-likeness (QED) is 0.457. The minimum Gasteiger partial charge on any atom is -0.305 e. The molecule has 0 spiro atoms. The van der Waals surface area contributed by atoms with E-state index in [0.29, 0.717) is 0 Å². The molecule has 0 aliphatic heterocycles. The molecule has 0 radical (unpaired) electrons. The van der Waals surface area contributed by atoms with E-state index in [1.54, 1.807) is 13.8 Å². The zero-order valence-electron chi connectivity index (χ0n) is 6.69. The Morgan fingerprint density at radius 2 is 2.20 bits per heavy atom. The monoisotopic (exact) mass is 139 g/mol. The van der Waals surface area contributed by atoms with Gasteiger partial charge in [0.15, 0.2) is 0 Å². The van der Waals surface area contributed by atoms with Crippen molar-refractivity contribution in [1.29, 1.82) is 0 Å². The average molecular weight is 139 g/mol. The summed E-state index contributed by atoms with van der Waals surface area (Å²) in [7, 11) is 0. The highest BCUT2D eigenvalue weighted by atomic mass is 16.1. The van der Waals surface area contributed by atoms with E-state index in [4.69, 9.17) is 6.42 Å². The Morgan fingerprint density at radius 1 is 1.70 bits per heavy atom. The van der Waals surface area contributed by atoms with Crippen LogP contribution in [0.4, 0.5) is 0 Å². The van der Waals surface area contributed by atoms with Gasteiger partial charge in [-0.2, -0.15) is 0 Å². The molecule has 0 aromatic heterocycles. The van der Waals surface area contributed by atoms with E-state index in [1.165, 1.54) is 0 Å². The number of Topliss-reactive ketones (excluding diaryl/α,β-unsaturated/α-hetero) is 1. The summed E-state index contributed by atoms with van der Waals surface area (Å²) in [5, 5.41) is 2.98. The van der Waals surface area contributed by atoms with Gasteiger partial charge in [-0.05, 0) is 26.3 Å². The molecule has 1 N–H and O–H groups in total. The number of hydrogen-bond donors (Lipinski definition) is 1. The number of hydrogen-bond acceptors (Lipinski definition) is 2. The van der Waals surface area contributed by atoms with Crippen molar-refractivity contribution < 1.29 is 4.79 Å². The molecule has 0 fully saturated rings. The molecular weight excluding hydrogens is 126 g/mol. The summed E-state index contributed by atoms with van der Waals surface area (Å²) in [6.45, 7) is 6.24. The summed E-state index contributed by atoms with van der Waals surface area (Å²) in [6.07, 6.45) is 4.95. The highest BCUT2D eigenvalue weighted by Crippen LogP contribution is 2.01. The average Bonchev–Trinajstić information content (AvgIpc) is 1.86. The molecule has 2 heteroatoms. The van der Waals surface area contributed by atoms with Gasteiger partial charge in [0.25, 0.3) is 0 Å². The van der Waals surface area contributed by atoms with Crippen molar-refractivity contribution in [2.24, 2.45) is 0 Å². The van der Waals surface area contributed by atoms with Gasteiger partial charge < -0.3 is 5.32 Å². The van der Waals surface area contributed by atoms with Crippen LogP contribution in [0.1, 0.15) is 20.8 Å². The van der Waals surface area contributed by atoms with Crippen molar-refractivity contribution in [1.82, 2.24) is 5.32 Å². The maximum Gasteiger partial charge on any atom is 0.224 e. The summed E-state index contributed by atoms with van der Waals surface area (Å²) >= 11 is 0. The molecular formula is C8H13NO. The van der Waals surface area contributed by atoms with Crippen LogP contribution in [0.5, 0.6) is 0 Å². The number of terminal acetylenes is 1. The van der Waals surface area contributed by atoms with Crippen LogP contribution in [0.2, 0.25) is 0 Å². The third-order valence-electron chi connectivity index (χ3n) is 1.32. The Morgan fingerprint density at radius 3 is 2.50 bits per heavy atom. The van der Waals surface area contributed by atoms with Crippen LogP contribution in [0.25, 0.3) is 0 Å². The number of likely N-dealkylation sites (N-methyl/N-ethyl adjacent to an activating group) is 1. The molecule has 0 amide bonds. The van der Waals surface area contributed by atoms with Crippen molar-refractivity contribution in [3.8, 4) is 12.3 Å². The SMILES string of the molecule is C#CC(=O)C(C)(C)NCC. The van der Waals surface area contributed by atoms with Crippen LogP contribution < -0.4 is 5.32 Å². The fraction of sp³-hybridized carbons (Fsp3) is 0.625. The zero-order valence-corrected chi connectivity index (χ0v) is 6.69. The number of ketones is 1. The maximum absolute atomic E-state index is 10.9. The summed E-state index contributed by atoms with van der Waals surface area (Å²) < 4.78 is 0. The van der Waals surface area contributed by atoms with Crippen molar-refractivity contribution in [2.45, 2.75) is 26.3 Å². The van der Waals surface area contributed by atoms with Gasteiger partial charge in [0.2, 0.25) is 5.78 Å².